The fraction of sp³-hybridized carbons (Fsp3) is 0.222. The molecule has 1 N–H and O–H groups in total. The summed E-state index contributed by atoms with van der Waals surface area (Å²) in [6.45, 7) is 3.42. The van der Waals surface area contributed by atoms with Crippen LogP contribution >= 0.6 is 0 Å². The Balaban J connectivity index is 2.07. The Morgan fingerprint density at radius 2 is 1.68 bits per heavy atom. The third-order valence-electron chi connectivity index (χ3n) is 3.20. The van der Waals surface area contributed by atoms with Gasteiger partial charge in [0.25, 0.3) is 0 Å². The molecule has 0 radical (unpaired) electrons. The maximum atomic E-state index is 12.1. The van der Waals surface area contributed by atoms with Gasteiger partial charge in [0.1, 0.15) is 5.75 Å². The van der Waals surface area contributed by atoms with Crippen molar-refractivity contribution in [3.05, 3.63) is 65.7 Å². The molecule has 0 aliphatic heterocycles. The zero-order valence-electron chi connectivity index (χ0n) is 12.7. The fourth-order valence-corrected chi connectivity index (χ4v) is 2.12. The van der Waals surface area contributed by atoms with Crippen LogP contribution < -0.4 is 10.1 Å². The summed E-state index contributed by atoms with van der Waals surface area (Å²) >= 11 is 0. The monoisotopic (exact) mass is 297 g/mol. The SMILES string of the molecule is CC(=O)NC(CC(=O)Oc1ccccc1)c1ccc(C)cc1. The highest BCUT2D eigenvalue weighted by Gasteiger charge is 2.18. The van der Waals surface area contributed by atoms with E-state index in [-0.39, 0.29) is 18.3 Å². The lowest BCUT2D eigenvalue weighted by atomic mass is 10.0. The molecule has 1 atom stereocenters. The minimum absolute atomic E-state index is 0.0809. The van der Waals surface area contributed by atoms with E-state index in [1.165, 1.54) is 6.92 Å². The smallest absolute Gasteiger partial charge is 0.313 e. The molecule has 0 saturated carbocycles. The van der Waals surface area contributed by atoms with E-state index in [4.69, 9.17) is 4.74 Å². The minimum Gasteiger partial charge on any atom is -0.426 e. The van der Waals surface area contributed by atoms with Gasteiger partial charge in [-0.05, 0) is 24.6 Å². The quantitative estimate of drug-likeness (QED) is 0.681. The summed E-state index contributed by atoms with van der Waals surface area (Å²) in [7, 11) is 0. The van der Waals surface area contributed by atoms with Gasteiger partial charge in [0, 0.05) is 6.92 Å². The number of rotatable bonds is 5. The molecule has 0 bridgehead atoms. The summed E-state index contributed by atoms with van der Waals surface area (Å²) in [5, 5.41) is 2.79. The van der Waals surface area contributed by atoms with E-state index < -0.39 is 6.04 Å². The maximum absolute atomic E-state index is 12.1. The Morgan fingerprint density at radius 1 is 1.05 bits per heavy atom. The lowest BCUT2D eigenvalue weighted by Gasteiger charge is -2.17. The Bertz CT molecular complexity index is 635. The Kier molecular flexibility index (Phi) is 5.31. The molecule has 0 saturated heterocycles. The van der Waals surface area contributed by atoms with Crippen LogP contribution in [0.15, 0.2) is 54.6 Å². The highest BCUT2D eigenvalue weighted by Crippen LogP contribution is 2.19. The van der Waals surface area contributed by atoms with Crippen LogP contribution in [0.2, 0.25) is 0 Å². The van der Waals surface area contributed by atoms with Crippen molar-refractivity contribution < 1.29 is 14.3 Å². The van der Waals surface area contributed by atoms with Gasteiger partial charge < -0.3 is 10.1 Å². The number of aryl methyl sites for hydroxylation is 1. The standard InChI is InChI=1S/C18H19NO3/c1-13-8-10-15(11-9-13)17(19-14(2)20)12-18(21)22-16-6-4-3-5-7-16/h3-11,17H,12H2,1-2H3,(H,19,20). The Labute approximate surface area is 130 Å². The average Bonchev–Trinajstić information content (AvgIpc) is 2.48. The summed E-state index contributed by atoms with van der Waals surface area (Å²) in [4.78, 5) is 23.4. The second-order valence-corrected chi connectivity index (χ2v) is 5.16. The number of hydrogen-bond acceptors (Lipinski definition) is 3. The van der Waals surface area contributed by atoms with Gasteiger partial charge in [-0.1, -0.05) is 48.0 Å². The van der Waals surface area contributed by atoms with Crippen LogP contribution in [-0.4, -0.2) is 11.9 Å². The van der Waals surface area contributed by atoms with Gasteiger partial charge >= 0.3 is 5.97 Å². The molecule has 0 spiro atoms. The number of benzene rings is 2. The number of carbonyl (C=O) groups excluding carboxylic acids is 2. The lowest BCUT2D eigenvalue weighted by Crippen LogP contribution is -2.29. The second kappa shape index (κ2) is 7.41. The highest BCUT2D eigenvalue weighted by atomic mass is 16.5. The van der Waals surface area contributed by atoms with Gasteiger partial charge in [0.05, 0.1) is 12.5 Å². The number of carbonyl (C=O) groups is 2. The van der Waals surface area contributed by atoms with Crippen molar-refractivity contribution in [2.75, 3.05) is 0 Å². The van der Waals surface area contributed by atoms with Crippen molar-refractivity contribution in [3.8, 4) is 5.75 Å². The van der Waals surface area contributed by atoms with Crippen molar-refractivity contribution in [1.29, 1.82) is 0 Å². The second-order valence-electron chi connectivity index (χ2n) is 5.16. The van der Waals surface area contributed by atoms with Crippen LogP contribution in [0, 0.1) is 6.92 Å². The molecule has 0 fully saturated rings. The molecule has 2 rings (SSSR count). The number of amides is 1. The first-order valence-corrected chi connectivity index (χ1v) is 7.14. The first-order chi connectivity index (χ1) is 10.5. The molecular weight excluding hydrogens is 278 g/mol. The van der Waals surface area contributed by atoms with Crippen molar-refractivity contribution in [2.45, 2.75) is 26.3 Å². The molecule has 2 aromatic carbocycles. The van der Waals surface area contributed by atoms with Crippen molar-refractivity contribution in [2.24, 2.45) is 0 Å². The molecule has 0 aliphatic carbocycles. The first kappa shape index (κ1) is 15.8. The van der Waals surface area contributed by atoms with Crippen LogP contribution in [0.1, 0.15) is 30.5 Å². The van der Waals surface area contributed by atoms with E-state index in [1.807, 2.05) is 37.3 Å². The van der Waals surface area contributed by atoms with E-state index in [0.717, 1.165) is 11.1 Å². The van der Waals surface area contributed by atoms with Gasteiger partial charge in [-0.2, -0.15) is 0 Å². The molecule has 0 aliphatic rings. The van der Waals surface area contributed by atoms with E-state index in [9.17, 15) is 9.59 Å². The summed E-state index contributed by atoms with van der Waals surface area (Å²) in [6.07, 6.45) is 0.0809. The third kappa shape index (κ3) is 4.74. The van der Waals surface area contributed by atoms with Gasteiger partial charge in [-0.3, -0.25) is 9.59 Å². The highest BCUT2D eigenvalue weighted by molar-refractivity contribution is 5.77. The van der Waals surface area contributed by atoms with Crippen LogP contribution in [0.25, 0.3) is 0 Å². The number of nitrogens with one attached hydrogen (secondary N) is 1. The predicted octanol–water partition coefficient (Wildman–Crippen LogP) is 3.17. The van der Waals surface area contributed by atoms with E-state index >= 15 is 0 Å². The first-order valence-electron chi connectivity index (χ1n) is 7.14. The number of hydrogen-bond donors (Lipinski definition) is 1. The van der Waals surface area contributed by atoms with Crippen molar-refractivity contribution in [3.63, 3.8) is 0 Å². The van der Waals surface area contributed by atoms with Crippen LogP contribution in [0.3, 0.4) is 0 Å². The summed E-state index contributed by atoms with van der Waals surface area (Å²) in [5.74, 6) is -0.0680. The summed E-state index contributed by atoms with van der Waals surface area (Å²) in [6, 6.07) is 16.2. The van der Waals surface area contributed by atoms with Crippen LogP contribution in [0.5, 0.6) is 5.75 Å². The third-order valence-corrected chi connectivity index (χ3v) is 3.20. The topological polar surface area (TPSA) is 55.4 Å². The van der Waals surface area contributed by atoms with E-state index in [2.05, 4.69) is 5.32 Å². The number of ether oxygens (including phenoxy) is 1. The fourth-order valence-electron chi connectivity index (χ4n) is 2.12. The minimum atomic E-state index is -0.394. The number of esters is 1. The van der Waals surface area contributed by atoms with Gasteiger partial charge in [0.15, 0.2) is 0 Å². The Morgan fingerprint density at radius 3 is 2.27 bits per heavy atom. The van der Waals surface area contributed by atoms with E-state index in [1.54, 1.807) is 24.3 Å². The maximum Gasteiger partial charge on any atom is 0.313 e. The molecular formula is C18H19NO3. The lowest BCUT2D eigenvalue weighted by molar-refractivity contribution is -0.135. The average molecular weight is 297 g/mol. The normalized spacial score (nSPS) is 11.5. The van der Waals surface area contributed by atoms with Crippen LogP contribution in [0.4, 0.5) is 0 Å². The molecule has 1 unspecified atom stereocenters. The molecule has 22 heavy (non-hydrogen) atoms. The van der Waals surface area contributed by atoms with Gasteiger partial charge in [-0.15, -0.1) is 0 Å². The molecule has 4 nitrogen and oxygen atoms in total. The molecule has 0 heterocycles. The molecule has 4 heteroatoms. The summed E-state index contributed by atoms with van der Waals surface area (Å²) < 4.78 is 5.28. The van der Waals surface area contributed by atoms with Gasteiger partial charge in [0.2, 0.25) is 5.91 Å². The zero-order valence-corrected chi connectivity index (χ0v) is 12.7. The molecule has 114 valence electrons. The summed E-state index contributed by atoms with van der Waals surface area (Å²) in [5.41, 5.74) is 2.00. The number of para-hydroxylation sites is 1. The predicted molar refractivity (Wildman–Crippen MR) is 84.4 cm³/mol. The van der Waals surface area contributed by atoms with E-state index in [0.29, 0.717) is 5.75 Å². The largest absolute Gasteiger partial charge is 0.426 e. The van der Waals surface area contributed by atoms with Crippen molar-refractivity contribution >= 4 is 11.9 Å². The zero-order chi connectivity index (χ0) is 15.9. The molecule has 0 aromatic heterocycles. The van der Waals surface area contributed by atoms with Crippen LogP contribution in [-0.2, 0) is 9.59 Å². The molecule has 1 amide bonds. The Hall–Kier alpha value is -2.62. The van der Waals surface area contributed by atoms with Crippen molar-refractivity contribution in [1.82, 2.24) is 5.32 Å². The molecule has 2 aromatic rings. The van der Waals surface area contributed by atoms with Gasteiger partial charge in [-0.25, -0.2) is 0 Å².